The molecule has 1 N–H and O–H groups in total. The normalized spacial score (nSPS) is 19.8. The first-order valence-corrected chi connectivity index (χ1v) is 5.87. The lowest BCUT2D eigenvalue weighted by atomic mass is 9.93. The molecule has 0 bridgehead atoms. The van der Waals surface area contributed by atoms with Crippen LogP contribution in [0.15, 0.2) is 11.6 Å². The maximum Gasteiger partial charge on any atom is 0.0965 e. The number of hydrogen-bond acceptors (Lipinski definition) is 3. The van der Waals surface area contributed by atoms with Gasteiger partial charge in [-0.3, -0.25) is 0 Å². The molecule has 1 heterocycles. The highest BCUT2D eigenvalue weighted by molar-refractivity contribution is 7.09. The quantitative estimate of drug-likeness (QED) is 0.800. The van der Waals surface area contributed by atoms with Gasteiger partial charge in [0.1, 0.15) is 0 Å². The minimum absolute atomic E-state index is 0.570. The van der Waals surface area contributed by atoms with Crippen molar-refractivity contribution < 1.29 is 0 Å². The van der Waals surface area contributed by atoms with Gasteiger partial charge in [0.15, 0.2) is 0 Å². The first-order chi connectivity index (χ1) is 6.36. The summed E-state index contributed by atoms with van der Waals surface area (Å²) in [4.78, 5) is 4.32. The van der Waals surface area contributed by atoms with Gasteiger partial charge in [-0.15, -0.1) is 11.3 Å². The van der Waals surface area contributed by atoms with E-state index >= 15 is 0 Å². The molecular formula is C10H16N2S. The summed E-state index contributed by atoms with van der Waals surface area (Å²) in [6.45, 7) is 3.32. The van der Waals surface area contributed by atoms with Gasteiger partial charge in [-0.1, -0.05) is 13.3 Å². The molecule has 1 aliphatic carbocycles. The van der Waals surface area contributed by atoms with Crippen LogP contribution in [0.1, 0.15) is 37.1 Å². The highest BCUT2D eigenvalue weighted by Crippen LogP contribution is 2.21. The molecule has 13 heavy (non-hydrogen) atoms. The van der Waals surface area contributed by atoms with Gasteiger partial charge in [-0.2, -0.15) is 0 Å². The maximum atomic E-state index is 4.32. The molecule has 1 aliphatic rings. The minimum Gasteiger partial charge on any atom is -0.313 e. The van der Waals surface area contributed by atoms with E-state index in [1.165, 1.54) is 24.3 Å². The van der Waals surface area contributed by atoms with Crippen LogP contribution in [0.5, 0.6) is 0 Å². The fourth-order valence-electron chi connectivity index (χ4n) is 1.52. The van der Waals surface area contributed by atoms with Gasteiger partial charge in [0.25, 0.3) is 0 Å². The summed E-state index contributed by atoms with van der Waals surface area (Å²) < 4.78 is 0. The van der Waals surface area contributed by atoms with Crippen LogP contribution in [0.4, 0.5) is 0 Å². The molecule has 3 heteroatoms. The van der Waals surface area contributed by atoms with E-state index in [9.17, 15) is 0 Å². The Hall–Kier alpha value is -0.410. The molecule has 2 rings (SSSR count). The molecule has 1 fully saturated rings. The minimum atomic E-state index is 0.570. The Morgan fingerprint density at radius 1 is 1.69 bits per heavy atom. The highest BCUT2D eigenvalue weighted by atomic mass is 32.1. The van der Waals surface area contributed by atoms with E-state index in [2.05, 4.69) is 22.6 Å². The third-order valence-corrected chi connectivity index (χ3v) is 3.70. The van der Waals surface area contributed by atoms with Crippen LogP contribution in [-0.4, -0.2) is 17.6 Å². The third-order valence-electron chi connectivity index (χ3n) is 2.69. The molecule has 2 nitrogen and oxygen atoms in total. The van der Waals surface area contributed by atoms with Crippen molar-refractivity contribution in [3.63, 3.8) is 0 Å². The number of thiazole rings is 1. The van der Waals surface area contributed by atoms with Gasteiger partial charge >= 0.3 is 0 Å². The molecule has 1 saturated carbocycles. The van der Waals surface area contributed by atoms with Gasteiger partial charge in [0.05, 0.1) is 5.01 Å². The van der Waals surface area contributed by atoms with Crippen LogP contribution in [-0.2, 0) is 0 Å². The molecule has 0 spiro atoms. The molecular weight excluding hydrogens is 180 g/mol. The number of nitrogens with zero attached hydrogens (tertiary/aromatic N) is 1. The second kappa shape index (κ2) is 4.20. The molecule has 0 saturated heterocycles. The van der Waals surface area contributed by atoms with E-state index in [-0.39, 0.29) is 0 Å². The van der Waals surface area contributed by atoms with E-state index in [1.54, 1.807) is 11.3 Å². The van der Waals surface area contributed by atoms with Crippen molar-refractivity contribution in [2.24, 2.45) is 0 Å². The molecule has 0 radical (unpaired) electrons. The van der Waals surface area contributed by atoms with Crippen LogP contribution in [0.3, 0.4) is 0 Å². The van der Waals surface area contributed by atoms with Crippen LogP contribution < -0.4 is 5.32 Å². The maximum absolute atomic E-state index is 4.32. The average Bonchev–Trinajstić information content (AvgIpc) is 2.52. The summed E-state index contributed by atoms with van der Waals surface area (Å²) in [6.07, 6.45) is 6.03. The van der Waals surface area contributed by atoms with Crippen molar-refractivity contribution >= 4 is 11.3 Å². The van der Waals surface area contributed by atoms with E-state index in [1.807, 2.05) is 6.20 Å². The molecule has 1 atom stereocenters. The van der Waals surface area contributed by atoms with Gasteiger partial charge in [-0.25, -0.2) is 4.98 Å². The largest absolute Gasteiger partial charge is 0.313 e. The zero-order valence-electron chi connectivity index (χ0n) is 7.99. The predicted octanol–water partition coefficient (Wildman–Crippen LogP) is 2.39. The summed E-state index contributed by atoms with van der Waals surface area (Å²) in [7, 11) is 0. The molecule has 0 amide bonds. The SMILES string of the molecule is CC(CNC1CCC1)c1nccs1. The molecule has 1 aromatic rings. The number of nitrogens with one attached hydrogen (secondary N) is 1. The van der Waals surface area contributed by atoms with Crippen LogP contribution in [0.25, 0.3) is 0 Å². The Bertz CT molecular complexity index is 241. The Kier molecular flexibility index (Phi) is 2.96. The first-order valence-electron chi connectivity index (χ1n) is 4.99. The zero-order valence-corrected chi connectivity index (χ0v) is 8.81. The monoisotopic (exact) mass is 196 g/mol. The van der Waals surface area contributed by atoms with Crippen LogP contribution in [0, 0.1) is 0 Å². The van der Waals surface area contributed by atoms with E-state index in [0.29, 0.717) is 5.92 Å². The Labute approximate surface area is 83.4 Å². The molecule has 0 aromatic carbocycles. The lowest BCUT2D eigenvalue weighted by Gasteiger charge is -2.27. The Morgan fingerprint density at radius 3 is 3.08 bits per heavy atom. The Morgan fingerprint density at radius 2 is 2.54 bits per heavy atom. The van der Waals surface area contributed by atoms with E-state index in [4.69, 9.17) is 0 Å². The van der Waals surface area contributed by atoms with Crippen molar-refractivity contribution in [3.05, 3.63) is 16.6 Å². The van der Waals surface area contributed by atoms with Gasteiger partial charge in [0, 0.05) is 30.1 Å². The number of hydrogen-bond donors (Lipinski definition) is 1. The molecule has 0 aliphatic heterocycles. The second-order valence-electron chi connectivity index (χ2n) is 3.81. The van der Waals surface area contributed by atoms with E-state index < -0.39 is 0 Å². The first kappa shape index (κ1) is 9.16. The van der Waals surface area contributed by atoms with Crippen molar-refractivity contribution in [3.8, 4) is 0 Å². The summed E-state index contributed by atoms with van der Waals surface area (Å²) in [5.41, 5.74) is 0. The number of aromatic nitrogens is 1. The predicted molar refractivity (Wildman–Crippen MR) is 56.2 cm³/mol. The summed E-state index contributed by atoms with van der Waals surface area (Å²) in [5.74, 6) is 0.570. The van der Waals surface area contributed by atoms with Crippen LogP contribution >= 0.6 is 11.3 Å². The standard InChI is InChI=1S/C10H16N2S/c1-8(10-11-5-6-13-10)7-12-9-3-2-4-9/h5-6,8-9,12H,2-4,7H2,1H3. The smallest absolute Gasteiger partial charge is 0.0965 e. The second-order valence-corrected chi connectivity index (χ2v) is 4.73. The summed E-state index contributed by atoms with van der Waals surface area (Å²) in [5, 5.41) is 6.88. The lowest BCUT2D eigenvalue weighted by Crippen LogP contribution is -2.37. The van der Waals surface area contributed by atoms with Gasteiger partial charge < -0.3 is 5.32 Å². The molecule has 1 aromatic heterocycles. The van der Waals surface area contributed by atoms with Crippen molar-refractivity contribution in [2.75, 3.05) is 6.54 Å². The van der Waals surface area contributed by atoms with E-state index in [0.717, 1.165) is 12.6 Å². The van der Waals surface area contributed by atoms with Crippen molar-refractivity contribution in [2.45, 2.75) is 38.1 Å². The number of rotatable bonds is 4. The fraction of sp³-hybridized carbons (Fsp3) is 0.700. The summed E-state index contributed by atoms with van der Waals surface area (Å²) in [6, 6.07) is 0.794. The molecule has 72 valence electrons. The average molecular weight is 196 g/mol. The lowest BCUT2D eigenvalue weighted by molar-refractivity contribution is 0.334. The van der Waals surface area contributed by atoms with Crippen LogP contribution in [0.2, 0.25) is 0 Å². The van der Waals surface area contributed by atoms with Crippen molar-refractivity contribution in [1.82, 2.24) is 10.3 Å². The summed E-state index contributed by atoms with van der Waals surface area (Å²) >= 11 is 1.76. The fourth-order valence-corrected chi connectivity index (χ4v) is 2.22. The zero-order chi connectivity index (χ0) is 9.10. The topological polar surface area (TPSA) is 24.9 Å². The highest BCUT2D eigenvalue weighted by Gasteiger charge is 2.18. The van der Waals surface area contributed by atoms with Crippen molar-refractivity contribution in [1.29, 1.82) is 0 Å². The van der Waals surface area contributed by atoms with Gasteiger partial charge in [0.2, 0.25) is 0 Å². The molecule has 1 unspecified atom stereocenters. The third kappa shape index (κ3) is 2.29. The Balaban J connectivity index is 1.74. The van der Waals surface area contributed by atoms with Gasteiger partial charge in [-0.05, 0) is 12.8 Å².